The molecule has 0 spiro atoms. The van der Waals surface area contributed by atoms with Crippen LogP contribution in [0.4, 0.5) is 0 Å². The Bertz CT molecular complexity index is 595. The van der Waals surface area contributed by atoms with Crippen molar-refractivity contribution in [3.8, 4) is 0 Å². The van der Waals surface area contributed by atoms with Crippen LogP contribution in [0.5, 0.6) is 0 Å². The first-order chi connectivity index (χ1) is 8.63. The van der Waals surface area contributed by atoms with E-state index in [1.165, 1.54) is 0 Å². The molecule has 0 amide bonds. The topological polar surface area (TPSA) is 39.8 Å². The van der Waals surface area contributed by atoms with Gasteiger partial charge in [0.05, 0.1) is 17.9 Å². The van der Waals surface area contributed by atoms with Gasteiger partial charge in [0, 0.05) is 18.8 Å². The summed E-state index contributed by atoms with van der Waals surface area (Å²) in [5.74, 6) is 0. The molecule has 4 heteroatoms. The van der Waals surface area contributed by atoms with Gasteiger partial charge in [-0.3, -0.25) is 9.48 Å². The second kappa shape index (κ2) is 5.21. The molecule has 0 saturated carbocycles. The van der Waals surface area contributed by atoms with Gasteiger partial charge >= 0.3 is 0 Å². The summed E-state index contributed by atoms with van der Waals surface area (Å²) in [5.41, 5.74) is 3.19. The molecule has 0 bridgehead atoms. The Balaban J connectivity index is 2.33. The molecule has 2 rings (SSSR count). The van der Waals surface area contributed by atoms with Crippen LogP contribution in [0.25, 0.3) is 0 Å². The molecule has 0 fully saturated rings. The number of hydrogen-bond acceptors (Lipinski definition) is 2. The summed E-state index contributed by atoms with van der Waals surface area (Å²) < 4.78 is 3.68. The van der Waals surface area contributed by atoms with Crippen molar-refractivity contribution in [2.45, 2.75) is 40.3 Å². The minimum absolute atomic E-state index is 0.0388. The molecule has 0 N–H and O–H groups in total. The maximum absolute atomic E-state index is 11.9. The van der Waals surface area contributed by atoms with E-state index < -0.39 is 0 Å². The first-order valence-electron chi connectivity index (χ1n) is 6.36. The summed E-state index contributed by atoms with van der Waals surface area (Å²) in [4.78, 5) is 11.9. The van der Waals surface area contributed by atoms with Gasteiger partial charge < -0.3 is 4.57 Å². The van der Waals surface area contributed by atoms with Crippen molar-refractivity contribution in [1.29, 1.82) is 0 Å². The van der Waals surface area contributed by atoms with Crippen molar-refractivity contribution in [2.24, 2.45) is 0 Å². The lowest BCUT2D eigenvalue weighted by Gasteiger charge is -2.07. The third kappa shape index (κ3) is 2.53. The highest BCUT2D eigenvalue weighted by Gasteiger charge is 2.07. The van der Waals surface area contributed by atoms with E-state index in [1.54, 1.807) is 10.6 Å². The number of hydrogen-bond donors (Lipinski definition) is 0. The van der Waals surface area contributed by atoms with Crippen LogP contribution >= 0.6 is 0 Å². The Kier molecular flexibility index (Phi) is 3.65. The monoisotopic (exact) mass is 245 g/mol. The molecule has 4 nitrogen and oxygen atoms in total. The number of rotatable bonds is 4. The molecule has 0 unspecified atom stereocenters. The molecule has 0 radical (unpaired) electrons. The second-order valence-corrected chi connectivity index (χ2v) is 4.47. The molecule has 2 aromatic heterocycles. The first-order valence-corrected chi connectivity index (χ1v) is 6.36. The van der Waals surface area contributed by atoms with E-state index in [4.69, 9.17) is 0 Å². The van der Waals surface area contributed by atoms with Crippen LogP contribution in [0.1, 0.15) is 30.8 Å². The van der Waals surface area contributed by atoms with Crippen LogP contribution in [-0.4, -0.2) is 14.3 Å². The summed E-state index contributed by atoms with van der Waals surface area (Å²) in [6, 6.07) is 5.69. The van der Waals surface area contributed by atoms with Gasteiger partial charge in [0.15, 0.2) is 0 Å². The van der Waals surface area contributed by atoms with Gasteiger partial charge in [-0.15, -0.1) is 0 Å². The highest BCUT2D eigenvalue weighted by molar-refractivity contribution is 5.13. The van der Waals surface area contributed by atoms with Gasteiger partial charge in [-0.25, -0.2) is 0 Å². The molecule has 0 saturated heterocycles. The largest absolute Gasteiger partial charge is 0.310 e. The Hall–Kier alpha value is -1.84. The lowest BCUT2D eigenvalue weighted by molar-refractivity contribution is 0.589. The van der Waals surface area contributed by atoms with Crippen LogP contribution in [0.2, 0.25) is 0 Å². The van der Waals surface area contributed by atoms with Crippen molar-refractivity contribution in [3.63, 3.8) is 0 Å². The molecule has 18 heavy (non-hydrogen) atoms. The number of nitrogens with zero attached hydrogens (tertiary/aromatic N) is 3. The van der Waals surface area contributed by atoms with E-state index >= 15 is 0 Å². The standard InChI is InChI=1S/C14H19N3O/c1-4-12-9-13(17(5-2)15-12)10-16-7-6-11(3)8-14(16)18/h6-9H,4-5,10H2,1-3H3. The average Bonchev–Trinajstić information content (AvgIpc) is 2.75. The minimum Gasteiger partial charge on any atom is -0.310 e. The zero-order valence-corrected chi connectivity index (χ0v) is 11.2. The lowest BCUT2D eigenvalue weighted by atomic mass is 10.3. The minimum atomic E-state index is 0.0388. The Labute approximate surface area is 107 Å². The molecule has 2 aromatic rings. The fourth-order valence-corrected chi connectivity index (χ4v) is 2.00. The molecular formula is C14H19N3O. The predicted octanol–water partition coefficient (Wildman–Crippen LogP) is 1.98. The molecule has 0 aliphatic rings. The van der Waals surface area contributed by atoms with E-state index in [9.17, 15) is 4.79 Å². The van der Waals surface area contributed by atoms with Gasteiger partial charge in [-0.05, 0) is 38.0 Å². The summed E-state index contributed by atoms with van der Waals surface area (Å²) in [6.07, 6.45) is 2.76. The second-order valence-electron chi connectivity index (χ2n) is 4.47. The third-order valence-corrected chi connectivity index (χ3v) is 3.06. The van der Waals surface area contributed by atoms with E-state index in [2.05, 4.69) is 25.0 Å². The molecule has 0 aliphatic heterocycles. The predicted molar refractivity (Wildman–Crippen MR) is 71.8 cm³/mol. The van der Waals surface area contributed by atoms with Gasteiger partial charge in [-0.1, -0.05) is 6.92 Å². The van der Waals surface area contributed by atoms with Crippen molar-refractivity contribution >= 4 is 0 Å². The van der Waals surface area contributed by atoms with Gasteiger partial charge in [-0.2, -0.15) is 5.10 Å². The van der Waals surface area contributed by atoms with Crippen molar-refractivity contribution in [2.75, 3.05) is 0 Å². The van der Waals surface area contributed by atoms with E-state index in [-0.39, 0.29) is 5.56 Å². The number of aryl methyl sites for hydroxylation is 3. The van der Waals surface area contributed by atoms with Crippen LogP contribution < -0.4 is 5.56 Å². The Morgan fingerprint density at radius 1 is 1.28 bits per heavy atom. The highest BCUT2D eigenvalue weighted by atomic mass is 16.1. The highest BCUT2D eigenvalue weighted by Crippen LogP contribution is 2.07. The average molecular weight is 245 g/mol. The van der Waals surface area contributed by atoms with Gasteiger partial charge in [0.25, 0.3) is 5.56 Å². The van der Waals surface area contributed by atoms with Crippen molar-refractivity contribution in [1.82, 2.24) is 14.3 Å². The summed E-state index contributed by atoms with van der Waals surface area (Å²) in [7, 11) is 0. The summed E-state index contributed by atoms with van der Waals surface area (Å²) in [6.45, 7) is 7.49. The molecular weight excluding hydrogens is 226 g/mol. The normalized spacial score (nSPS) is 10.8. The van der Waals surface area contributed by atoms with E-state index in [1.807, 2.05) is 23.9 Å². The lowest BCUT2D eigenvalue weighted by Crippen LogP contribution is -2.20. The van der Waals surface area contributed by atoms with Crippen LogP contribution in [0.15, 0.2) is 29.2 Å². The Morgan fingerprint density at radius 2 is 2.06 bits per heavy atom. The first kappa shape index (κ1) is 12.6. The van der Waals surface area contributed by atoms with Crippen LogP contribution in [0, 0.1) is 6.92 Å². The molecule has 96 valence electrons. The number of pyridine rings is 1. The van der Waals surface area contributed by atoms with E-state index in [0.29, 0.717) is 6.54 Å². The summed E-state index contributed by atoms with van der Waals surface area (Å²) in [5, 5.41) is 4.49. The third-order valence-electron chi connectivity index (χ3n) is 3.06. The van der Waals surface area contributed by atoms with E-state index in [0.717, 1.165) is 29.9 Å². The maximum Gasteiger partial charge on any atom is 0.251 e. The fraction of sp³-hybridized carbons (Fsp3) is 0.429. The van der Waals surface area contributed by atoms with Crippen molar-refractivity contribution in [3.05, 3.63) is 51.7 Å². The zero-order valence-electron chi connectivity index (χ0n) is 11.2. The SMILES string of the molecule is CCc1cc(Cn2ccc(C)cc2=O)n(CC)n1. The molecule has 0 aromatic carbocycles. The molecule has 2 heterocycles. The zero-order chi connectivity index (χ0) is 13.1. The molecule has 0 atom stereocenters. The quantitative estimate of drug-likeness (QED) is 0.826. The fourth-order valence-electron chi connectivity index (χ4n) is 2.00. The van der Waals surface area contributed by atoms with Gasteiger partial charge in [0.1, 0.15) is 0 Å². The maximum atomic E-state index is 11.9. The van der Waals surface area contributed by atoms with Gasteiger partial charge in [0.2, 0.25) is 0 Å². The summed E-state index contributed by atoms with van der Waals surface area (Å²) >= 11 is 0. The Morgan fingerprint density at radius 3 is 2.67 bits per heavy atom. The van der Waals surface area contributed by atoms with Crippen LogP contribution in [0.3, 0.4) is 0 Å². The van der Waals surface area contributed by atoms with Crippen LogP contribution in [-0.2, 0) is 19.5 Å². The smallest absolute Gasteiger partial charge is 0.251 e. The number of aromatic nitrogens is 3. The van der Waals surface area contributed by atoms with Crippen molar-refractivity contribution < 1.29 is 0 Å². The molecule has 0 aliphatic carbocycles.